The van der Waals surface area contributed by atoms with E-state index in [-0.39, 0.29) is 0 Å². The molecule has 0 radical (unpaired) electrons. The third kappa shape index (κ3) is 3.48. The Morgan fingerprint density at radius 1 is 1.12 bits per heavy atom. The van der Waals surface area contributed by atoms with Gasteiger partial charge < -0.3 is 29.9 Å². The Hall–Kier alpha value is -1.48. The fourth-order valence-corrected chi connectivity index (χ4v) is 7.40. The number of hydrogen-bond donors (Lipinski definition) is 4. The standard InChI is InChI=1S/C26H35NO6/c1-2-14-7-13-8-20-19-9-15-3-4-16(10-18(15)17(19)5-6-27(11-13)22(14)20)32-26-25(31)24(30)23(29)21(12-28)33-26/h3-4,10,13-14,20-26,28-31H,2,5-9,11-12H2,1H3/t13-,14-,20-,21?,22?,23+,24-,25?,26-/m0/s1. The van der Waals surface area contributed by atoms with Crippen molar-refractivity contribution < 1.29 is 29.9 Å². The van der Waals surface area contributed by atoms with Crippen molar-refractivity contribution in [3.63, 3.8) is 0 Å². The summed E-state index contributed by atoms with van der Waals surface area (Å²) in [7, 11) is 0. The average Bonchev–Trinajstić information content (AvgIpc) is 3.15. The van der Waals surface area contributed by atoms with Crippen LogP contribution in [-0.4, -0.2) is 81.8 Å². The maximum Gasteiger partial charge on any atom is 0.229 e. The lowest BCUT2D eigenvalue weighted by Crippen LogP contribution is -2.60. The summed E-state index contributed by atoms with van der Waals surface area (Å²) in [4.78, 5) is 2.77. The van der Waals surface area contributed by atoms with Crippen LogP contribution in [0.4, 0.5) is 0 Å². The molecule has 4 fully saturated rings. The van der Waals surface area contributed by atoms with Crippen LogP contribution in [0.15, 0.2) is 23.8 Å². The van der Waals surface area contributed by atoms with Gasteiger partial charge in [-0.25, -0.2) is 0 Å². The van der Waals surface area contributed by atoms with Gasteiger partial charge in [0.05, 0.1) is 6.61 Å². The van der Waals surface area contributed by atoms with Gasteiger partial charge in [0, 0.05) is 19.1 Å². The Bertz CT molecular complexity index is 947. The number of rotatable bonds is 4. The lowest BCUT2D eigenvalue weighted by atomic mass is 9.64. The molecule has 4 unspecified atom stereocenters. The Balaban J connectivity index is 1.27. The van der Waals surface area contributed by atoms with Crippen LogP contribution >= 0.6 is 0 Å². The highest BCUT2D eigenvalue weighted by atomic mass is 16.7. The molecule has 4 heterocycles. The summed E-state index contributed by atoms with van der Waals surface area (Å²) < 4.78 is 11.5. The summed E-state index contributed by atoms with van der Waals surface area (Å²) in [5, 5.41) is 39.9. The molecule has 10 atom stereocenters. The minimum Gasteiger partial charge on any atom is -0.462 e. The van der Waals surface area contributed by atoms with Crippen LogP contribution in [0.25, 0.3) is 5.57 Å². The first kappa shape index (κ1) is 22.0. The van der Waals surface area contributed by atoms with Crippen LogP contribution in [0.3, 0.4) is 0 Å². The number of ether oxygens (including phenoxy) is 2. The van der Waals surface area contributed by atoms with Gasteiger partial charge in [-0.05, 0) is 72.3 Å². The first-order valence-corrected chi connectivity index (χ1v) is 12.5. The smallest absolute Gasteiger partial charge is 0.229 e. The highest BCUT2D eigenvalue weighted by Gasteiger charge is 2.49. The summed E-state index contributed by atoms with van der Waals surface area (Å²) in [5.74, 6) is 2.85. The highest BCUT2D eigenvalue weighted by molar-refractivity contribution is 5.78. The Labute approximate surface area is 194 Å². The van der Waals surface area contributed by atoms with Crippen molar-refractivity contribution in [2.24, 2.45) is 17.8 Å². The van der Waals surface area contributed by atoms with Gasteiger partial charge >= 0.3 is 0 Å². The molecule has 1 saturated carbocycles. The fraction of sp³-hybridized carbons (Fsp3) is 0.692. The number of aliphatic hydroxyl groups excluding tert-OH is 4. The lowest BCUT2D eigenvalue weighted by molar-refractivity contribution is -0.277. The van der Waals surface area contributed by atoms with E-state index >= 15 is 0 Å². The van der Waals surface area contributed by atoms with E-state index in [2.05, 4.69) is 17.9 Å². The second-order valence-electron chi connectivity index (χ2n) is 10.7. The Kier molecular flexibility index (Phi) is 5.55. The zero-order chi connectivity index (χ0) is 22.9. The van der Waals surface area contributed by atoms with Gasteiger partial charge in [0.15, 0.2) is 0 Å². The fourth-order valence-electron chi connectivity index (χ4n) is 7.40. The predicted molar refractivity (Wildman–Crippen MR) is 121 cm³/mol. The molecule has 4 aliphatic heterocycles. The number of benzene rings is 1. The molecule has 4 N–H and O–H groups in total. The molecule has 7 heteroatoms. The van der Waals surface area contributed by atoms with E-state index < -0.39 is 37.3 Å². The SMILES string of the molecule is CC[C@H]1C[C@H]2C[C@H]3C4=C(CCN(C2)C13)c1cc(O[C@H]2OC(CO)[C@@H](O)[C@H](O)C2O)ccc1C4. The molecule has 1 aromatic carbocycles. The van der Waals surface area contributed by atoms with E-state index in [1.54, 1.807) is 5.57 Å². The molecule has 0 amide bonds. The van der Waals surface area contributed by atoms with Gasteiger partial charge in [0.2, 0.25) is 6.29 Å². The second kappa shape index (κ2) is 8.33. The minimum atomic E-state index is -1.44. The topological polar surface area (TPSA) is 103 Å². The number of nitrogens with zero attached hydrogens (tertiary/aromatic N) is 1. The minimum absolute atomic E-state index is 0.468. The molecule has 0 spiro atoms. The van der Waals surface area contributed by atoms with Crippen LogP contribution in [0, 0.1) is 17.8 Å². The van der Waals surface area contributed by atoms with Gasteiger partial charge in [-0.15, -0.1) is 0 Å². The van der Waals surface area contributed by atoms with Gasteiger partial charge in [0.25, 0.3) is 0 Å². The summed E-state index contributed by atoms with van der Waals surface area (Å²) in [5.41, 5.74) is 5.68. The van der Waals surface area contributed by atoms with E-state index in [1.165, 1.54) is 42.5 Å². The van der Waals surface area contributed by atoms with E-state index in [4.69, 9.17) is 9.47 Å². The Morgan fingerprint density at radius 3 is 2.76 bits per heavy atom. The second-order valence-corrected chi connectivity index (χ2v) is 10.7. The van der Waals surface area contributed by atoms with Crippen LogP contribution in [0.1, 0.15) is 43.7 Å². The van der Waals surface area contributed by atoms with Crippen LogP contribution in [-0.2, 0) is 11.2 Å². The van der Waals surface area contributed by atoms with E-state index in [1.807, 2.05) is 12.1 Å². The molecule has 1 aromatic rings. The highest BCUT2D eigenvalue weighted by Crippen LogP contribution is 2.53. The normalized spacial score (nSPS) is 43.8. The third-order valence-corrected chi connectivity index (χ3v) is 8.93. The summed E-state index contributed by atoms with van der Waals surface area (Å²) in [6.45, 7) is 4.25. The first-order chi connectivity index (χ1) is 16.0. The van der Waals surface area contributed by atoms with Crippen molar-refractivity contribution in [3.8, 4) is 5.75 Å². The maximum atomic E-state index is 10.4. The van der Waals surface area contributed by atoms with E-state index in [0.29, 0.717) is 17.7 Å². The largest absolute Gasteiger partial charge is 0.462 e. The van der Waals surface area contributed by atoms with Gasteiger partial charge in [-0.3, -0.25) is 4.90 Å². The van der Waals surface area contributed by atoms with Crippen molar-refractivity contribution >= 4 is 5.57 Å². The number of hydrogen-bond acceptors (Lipinski definition) is 7. The van der Waals surface area contributed by atoms with Crippen molar-refractivity contribution in [2.75, 3.05) is 19.7 Å². The van der Waals surface area contributed by atoms with Crippen molar-refractivity contribution in [2.45, 2.75) is 75.8 Å². The van der Waals surface area contributed by atoms with Gasteiger partial charge in [0.1, 0.15) is 30.2 Å². The molecule has 6 aliphatic rings. The molecule has 7 rings (SSSR count). The van der Waals surface area contributed by atoms with E-state index in [0.717, 1.165) is 31.2 Å². The zero-order valence-electron chi connectivity index (χ0n) is 19.1. The summed E-state index contributed by atoms with van der Waals surface area (Å²) >= 11 is 0. The van der Waals surface area contributed by atoms with Crippen LogP contribution in [0.5, 0.6) is 5.75 Å². The first-order valence-electron chi connectivity index (χ1n) is 12.5. The van der Waals surface area contributed by atoms with Crippen molar-refractivity contribution in [1.29, 1.82) is 0 Å². The van der Waals surface area contributed by atoms with Crippen molar-refractivity contribution in [1.82, 2.24) is 4.90 Å². The van der Waals surface area contributed by atoms with Gasteiger partial charge in [-0.2, -0.15) is 0 Å². The molecule has 7 nitrogen and oxygen atoms in total. The van der Waals surface area contributed by atoms with E-state index in [9.17, 15) is 20.4 Å². The molecule has 4 bridgehead atoms. The maximum absolute atomic E-state index is 10.4. The number of piperidine rings is 2. The predicted octanol–water partition coefficient (Wildman–Crippen LogP) is 1.32. The lowest BCUT2D eigenvalue weighted by Gasteiger charge is -2.54. The zero-order valence-corrected chi connectivity index (χ0v) is 19.1. The number of aliphatic hydroxyl groups is 4. The molecule has 33 heavy (non-hydrogen) atoms. The quantitative estimate of drug-likeness (QED) is 0.541. The summed E-state index contributed by atoms with van der Waals surface area (Å²) in [6, 6.07) is 6.73. The summed E-state index contributed by atoms with van der Waals surface area (Å²) in [6.07, 6.45) is -0.326. The molecular weight excluding hydrogens is 422 g/mol. The molecular formula is C26H35NO6. The van der Waals surface area contributed by atoms with Crippen LogP contribution < -0.4 is 4.74 Å². The molecule has 2 aliphatic carbocycles. The van der Waals surface area contributed by atoms with Crippen molar-refractivity contribution in [3.05, 3.63) is 34.9 Å². The molecule has 3 saturated heterocycles. The van der Waals surface area contributed by atoms with Crippen LogP contribution in [0.2, 0.25) is 0 Å². The Morgan fingerprint density at radius 2 is 1.97 bits per heavy atom. The monoisotopic (exact) mass is 457 g/mol. The number of fused-ring (bicyclic) bond motifs is 3. The van der Waals surface area contributed by atoms with Gasteiger partial charge in [-0.1, -0.05) is 25.0 Å². The third-order valence-electron chi connectivity index (χ3n) is 8.93. The molecule has 0 aromatic heterocycles. The average molecular weight is 458 g/mol. The molecule has 180 valence electrons.